The summed E-state index contributed by atoms with van der Waals surface area (Å²) in [5, 5.41) is 14.5. The summed E-state index contributed by atoms with van der Waals surface area (Å²) in [6.07, 6.45) is 1.57. The maximum absolute atomic E-state index is 12.3. The second-order valence-corrected chi connectivity index (χ2v) is 6.13. The molecule has 0 aromatic carbocycles. The van der Waals surface area contributed by atoms with Crippen molar-refractivity contribution >= 4 is 17.9 Å². The van der Waals surface area contributed by atoms with E-state index < -0.39 is 23.0 Å². The predicted octanol–water partition coefficient (Wildman–Crippen LogP) is 0.797. The molecule has 1 heterocycles. The molecule has 0 aromatic heterocycles. The van der Waals surface area contributed by atoms with Gasteiger partial charge in [0.05, 0.1) is 5.41 Å². The standard InChI is InChI=1S/C14H25N3O4/c1-5-6-14(3,11(19)20)16-12(21)17-8-7-13(2,9-17)10(18)15-4/h5-9H2,1-4H3,(H,15,18)(H,16,21)(H,19,20). The molecule has 0 radical (unpaired) electrons. The van der Waals surface area contributed by atoms with Crippen molar-refractivity contribution in [3.05, 3.63) is 0 Å². The number of nitrogens with one attached hydrogen (secondary N) is 2. The molecule has 0 bridgehead atoms. The van der Waals surface area contributed by atoms with Crippen molar-refractivity contribution in [3.63, 3.8) is 0 Å². The van der Waals surface area contributed by atoms with Gasteiger partial charge in [-0.2, -0.15) is 0 Å². The number of carbonyl (C=O) groups excluding carboxylic acids is 2. The highest BCUT2D eigenvalue weighted by Crippen LogP contribution is 2.30. The van der Waals surface area contributed by atoms with Crippen LogP contribution in [-0.2, 0) is 9.59 Å². The van der Waals surface area contributed by atoms with Gasteiger partial charge in [0.2, 0.25) is 5.91 Å². The highest BCUT2D eigenvalue weighted by molar-refractivity contribution is 5.87. The first-order chi connectivity index (χ1) is 9.68. The van der Waals surface area contributed by atoms with E-state index in [2.05, 4.69) is 10.6 Å². The van der Waals surface area contributed by atoms with Gasteiger partial charge >= 0.3 is 12.0 Å². The molecule has 2 atom stereocenters. The molecule has 2 unspecified atom stereocenters. The summed E-state index contributed by atoms with van der Waals surface area (Å²) in [5.74, 6) is -1.15. The van der Waals surface area contributed by atoms with Crippen LogP contribution in [0.2, 0.25) is 0 Å². The highest BCUT2D eigenvalue weighted by atomic mass is 16.4. The average molecular weight is 299 g/mol. The smallest absolute Gasteiger partial charge is 0.329 e. The van der Waals surface area contributed by atoms with Gasteiger partial charge in [-0.3, -0.25) is 4.79 Å². The van der Waals surface area contributed by atoms with Crippen molar-refractivity contribution < 1.29 is 19.5 Å². The minimum atomic E-state index is -1.28. The molecule has 1 aliphatic heterocycles. The first kappa shape index (κ1) is 17.3. The monoisotopic (exact) mass is 299 g/mol. The number of carbonyl (C=O) groups is 3. The van der Waals surface area contributed by atoms with E-state index in [1.165, 1.54) is 11.8 Å². The van der Waals surface area contributed by atoms with E-state index in [-0.39, 0.29) is 5.91 Å². The van der Waals surface area contributed by atoms with Gasteiger partial charge in [0.25, 0.3) is 0 Å². The number of aliphatic carboxylic acids is 1. The molecule has 0 aliphatic carbocycles. The van der Waals surface area contributed by atoms with E-state index >= 15 is 0 Å². The first-order valence-electron chi connectivity index (χ1n) is 7.21. The van der Waals surface area contributed by atoms with E-state index in [1.54, 1.807) is 7.05 Å². The number of nitrogens with zero attached hydrogens (tertiary/aromatic N) is 1. The quantitative estimate of drug-likeness (QED) is 0.699. The molecule has 1 saturated heterocycles. The Bertz CT molecular complexity index is 440. The summed E-state index contributed by atoms with van der Waals surface area (Å²) in [4.78, 5) is 36.9. The van der Waals surface area contributed by atoms with Crippen molar-refractivity contribution in [2.24, 2.45) is 5.41 Å². The number of carboxylic acids is 1. The molecule has 7 nitrogen and oxygen atoms in total. The van der Waals surface area contributed by atoms with Crippen LogP contribution >= 0.6 is 0 Å². The highest BCUT2D eigenvalue weighted by Gasteiger charge is 2.43. The maximum Gasteiger partial charge on any atom is 0.329 e. The van der Waals surface area contributed by atoms with E-state index in [0.717, 1.165) is 0 Å². The van der Waals surface area contributed by atoms with Gasteiger partial charge in [-0.15, -0.1) is 0 Å². The van der Waals surface area contributed by atoms with Gasteiger partial charge in [-0.1, -0.05) is 13.3 Å². The first-order valence-corrected chi connectivity index (χ1v) is 7.21. The van der Waals surface area contributed by atoms with Crippen molar-refractivity contribution in [2.75, 3.05) is 20.1 Å². The Morgan fingerprint density at radius 3 is 2.48 bits per heavy atom. The van der Waals surface area contributed by atoms with Crippen molar-refractivity contribution in [2.45, 2.75) is 45.6 Å². The number of amides is 3. The van der Waals surface area contributed by atoms with Crippen LogP contribution in [0.5, 0.6) is 0 Å². The third-order valence-corrected chi connectivity index (χ3v) is 4.14. The Morgan fingerprint density at radius 1 is 1.38 bits per heavy atom. The maximum atomic E-state index is 12.3. The zero-order valence-electron chi connectivity index (χ0n) is 13.2. The van der Waals surface area contributed by atoms with Crippen LogP contribution in [0.3, 0.4) is 0 Å². The van der Waals surface area contributed by atoms with Crippen LogP contribution in [0, 0.1) is 5.41 Å². The predicted molar refractivity (Wildman–Crippen MR) is 77.8 cm³/mol. The fourth-order valence-electron chi connectivity index (χ4n) is 2.66. The van der Waals surface area contributed by atoms with E-state index in [1.807, 2.05) is 13.8 Å². The summed E-state index contributed by atoms with van der Waals surface area (Å²) in [6.45, 7) is 5.91. The Kier molecular flexibility index (Phi) is 5.20. The van der Waals surface area contributed by atoms with Gasteiger partial charge in [0.15, 0.2) is 0 Å². The Labute approximate surface area is 125 Å². The summed E-state index contributed by atoms with van der Waals surface area (Å²) >= 11 is 0. The van der Waals surface area contributed by atoms with Crippen LogP contribution in [0.4, 0.5) is 4.79 Å². The summed E-state index contributed by atoms with van der Waals surface area (Å²) < 4.78 is 0. The van der Waals surface area contributed by atoms with Crippen LogP contribution < -0.4 is 10.6 Å². The lowest BCUT2D eigenvalue weighted by molar-refractivity contribution is -0.144. The summed E-state index contributed by atoms with van der Waals surface area (Å²) in [5.41, 5.74) is -1.89. The fraction of sp³-hybridized carbons (Fsp3) is 0.786. The molecule has 3 amide bonds. The molecule has 21 heavy (non-hydrogen) atoms. The summed E-state index contributed by atoms with van der Waals surface area (Å²) in [7, 11) is 1.57. The average Bonchev–Trinajstić information content (AvgIpc) is 2.82. The Balaban J connectivity index is 2.73. The van der Waals surface area contributed by atoms with Crippen LogP contribution in [0.25, 0.3) is 0 Å². The number of likely N-dealkylation sites (tertiary alicyclic amines) is 1. The molecule has 3 N–H and O–H groups in total. The molecule has 0 aromatic rings. The molecule has 1 fully saturated rings. The number of carboxylic acid groups (broad SMARTS) is 1. The van der Waals surface area contributed by atoms with Crippen LogP contribution in [-0.4, -0.2) is 53.6 Å². The molecular formula is C14H25N3O4. The minimum Gasteiger partial charge on any atom is -0.480 e. The zero-order chi connectivity index (χ0) is 16.3. The lowest BCUT2D eigenvalue weighted by Gasteiger charge is -2.29. The van der Waals surface area contributed by atoms with Crippen LogP contribution in [0.1, 0.15) is 40.0 Å². The zero-order valence-corrected chi connectivity index (χ0v) is 13.2. The molecular weight excluding hydrogens is 274 g/mol. The van der Waals surface area contributed by atoms with Crippen molar-refractivity contribution in [3.8, 4) is 0 Å². The van der Waals surface area contributed by atoms with Gasteiger partial charge in [-0.25, -0.2) is 9.59 Å². The molecule has 0 saturated carbocycles. The normalized spacial score (nSPS) is 24.3. The SMILES string of the molecule is CCCC(C)(NC(=O)N1CCC(C)(C(=O)NC)C1)C(=O)O. The van der Waals surface area contributed by atoms with Gasteiger partial charge in [0.1, 0.15) is 5.54 Å². The summed E-state index contributed by atoms with van der Waals surface area (Å²) in [6, 6.07) is -0.430. The van der Waals surface area contributed by atoms with E-state index in [4.69, 9.17) is 0 Å². The van der Waals surface area contributed by atoms with E-state index in [0.29, 0.717) is 32.4 Å². The number of hydrogen-bond acceptors (Lipinski definition) is 3. The van der Waals surface area contributed by atoms with Gasteiger partial charge in [0, 0.05) is 20.1 Å². The third kappa shape index (κ3) is 3.65. The molecule has 1 rings (SSSR count). The van der Waals surface area contributed by atoms with E-state index in [9.17, 15) is 19.5 Å². The Morgan fingerprint density at radius 2 is 2.00 bits per heavy atom. The van der Waals surface area contributed by atoms with Crippen molar-refractivity contribution in [1.29, 1.82) is 0 Å². The largest absolute Gasteiger partial charge is 0.480 e. The number of hydrogen-bond donors (Lipinski definition) is 3. The molecule has 1 aliphatic rings. The number of rotatable bonds is 5. The lowest BCUT2D eigenvalue weighted by atomic mass is 9.89. The fourth-order valence-corrected chi connectivity index (χ4v) is 2.66. The van der Waals surface area contributed by atoms with Crippen molar-refractivity contribution in [1.82, 2.24) is 15.5 Å². The topological polar surface area (TPSA) is 98.7 Å². The Hall–Kier alpha value is -1.79. The second kappa shape index (κ2) is 6.32. The van der Waals surface area contributed by atoms with Gasteiger partial charge < -0.3 is 20.6 Å². The minimum absolute atomic E-state index is 0.104. The number of urea groups is 1. The third-order valence-electron chi connectivity index (χ3n) is 4.14. The molecule has 7 heteroatoms. The molecule has 0 spiro atoms. The second-order valence-electron chi connectivity index (χ2n) is 6.13. The molecule has 120 valence electrons. The van der Waals surface area contributed by atoms with Gasteiger partial charge in [-0.05, 0) is 26.7 Å². The van der Waals surface area contributed by atoms with Crippen LogP contribution in [0.15, 0.2) is 0 Å². The lowest BCUT2D eigenvalue weighted by Crippen LogP contribution is -2.56.